The molecule has 1 aliphatic carbocycles. The first-order valence-corrected chi connectivity index (χ1v) is 6.01. The minimum Gasteiger partial charge on any atom is -0.399 e. The second-order valence-corrected chi connectivity index (χ2v) is 4.01. The number of benzene rings is 2. The number of hydrogen-bond acceptors (Lipinski definition) is 2. The summed E-state index contributed by atoms with van der Waals surface area (Å²) >= 11 is 0. The van der Waals surface area contributed by atoms with Crippen molar-refractivity contribution < 1.29 is 0 Å². The maximum absolute atomic E-state index is 5.79. The third-order valence-electron chi connectivity index (χ3n) is 2.94. The third-order valence-corrected chi connectivity index (χ3v) is 2.94. The Labute approximate surface area is 102 Å². The zero-order valence-electron chi connectivity index (χ0n) is 10.3. The summed E-state index contributed by atoms with van der Waals surface area (Å²) in [4.78, 5) is 0. The molecule has 0 spiro atoms. The number of anilines is 2. The van der Waals surface area contributed by atoms with Crippen LogP contribution in [0.3, 0.4) is 0 Å². The smallest absolute Gasteiger partial charge is 0.0320 e. The number of hydrogen-bond donors (Lipinski definition) is 2. The molecule has 0 atom stereocenters. The lowest BCUT2D eigenvalue weighted by atomic mass is 10.0. The molecule has 1 aliphatic rings. The van der Waals surface area contributed by atoms with Crippen molar-refractivity contribution in [2.24, 2.45) is 0 Å². The van der Waals surface area contributed by atoms with Gasteiger partial charge in [-0.25, -0.2) is 0 Å². The van der Waals surface area contributed by atoms with Gasteiger partial charge in [-0.05, 0) is 52.9 Å². The van der Waals surface area contributed by atoms with Crippen molar-refractivity contribution in [3.05, 3.63) is 47.5 Å². The molecule has 88 valence electrons. The summed E-state index contributed by atoms with van der Waals surface area (Å²) in [5.41, 5.74) is 18.4. The summed E-state index contributed by atoms with van der Waals surface area (Å²) < 4.78 is 0. The van der Waals surface area contributed by atoms with Crippen molar-refractivity contribution in [2.75, 3.05) is 11.5 Å². The number of rotatable bonds is 0. The minimum atomic E-state index is 0.809. The molecule has 0 heterocycles. The normalized spacial score (nSPS) is 11.2. The van der Waals surface area contributed by atoms with E-state index >= 15 is 0 Å². The number of nitrogen functional groups attached to an aromatic ring is 2. The van der Waals surface area contributed by atoms with Crippen molar-refractivity contribution in [1.82, 2.24) is 0 Å². The van der Waals surface area contributed by atoms with Crippen LogP contribution in [0.1, 0.15) is 25.0 Å². The molecule has 0 unspecified atom stereocenters. The molecule has 2 aromatic carbocycles. The average Bonchev–Trinajstić information content (AvgIpc) is 2.69. The van der Waals surface area contributed by atoms with E-state index in [2.05, 4.69) is 12.1 Å². The fourth-order valence-corrected chi connectivity index (χ4v) is 2.20. The van der Waals surface area contributed by atoms with Crippen LogP contribution >= 0.6 is 0 Å². The molecule has 0 amide bonds. The molecule has 0 saturated carbocycles. The van der Waals surface area contributed by atoms with Gasteiger partial charge in [0.25, 0.3) is 0 Å². The summed E-state index contributed by atoms with van der Waals surface area (Å²) in [6.07, 6.45) is 0.991. The van der Waals surface area contributed by atoms with Gasteiger partial charge in [0.1, 0.15) is 0 Å². The number of nitrogens with two attached hydrogens (primary N) is 2. The van der Waals surface area contributed by atoms with E-state index in [4.69, 9.17) is 11.5 Å². The van der Waals surface area contributed by atoms with Gasteiger partial charge in [-0.3, -0.25) is 0 Å². The van der Waals surface area contributed by atoms with E-state index in [-0.39, 0.29) is 0 Å². The van der Waals surface area contributed by atoms with E-state index < -0.39 is 0 Å². The first-order valence-electron chi connectivity index (χ1n) is 6.01. The van der Waals surface area contributed by atoms with Gasteiger partial charge >= 0.3 is 0 Å². The molecule has 0 aliphatic heterocycles. The van der Waals surface area contributed by atoms with Crippen molar-refractivity contribution in [2.45, 2.75) is 20.3 Å². The van der Waals surface area contributed by atoms with E-state index in [9.17, 15) is 0 Å². The van der Waals surface area contributed by atoms with E-state index in [0.29, 0.717) is 0 Å². The summed E-state index contributed by atoms with van der Waals surface area (Å²) in [5, 5.41) is 0. The van der Waals surface area contributed by atoms with Crippen LogP contribution in [-0.4, -0.2) is 0 Å². The molecule has 0 radical (unpaired) electrons. The van der Waals surface area contributed by atoms with Gasteiger partial charge in [0.05, 0.1) is 0 Å². The minimum absolute atomic E-state index is 0.809. The molecule has 2 nitrogen and oxygen atoms in total. The van der Waals surface area contributed by atoms with Crippen LogP contribution in [0.25, 0.3) is 11.1 Å². The van der Waals surface area contributed by atoms with Crippen molar-refractivity contribution >= 4 is 11.4 Å². The Morgan fingerprint density at radius 2 is 1.18 bits per heavy atom. The van der Waals surface area contributed by atoms with Crippen LogP contribution in [0.2, 0.25) is 0 Å². The third kappa shape index (κ3) is 1.98. The first-order chi connectivity index (χ1) is 8.24. The second-order valence-electron chi connectivity index (χ2n) is 4.01. The molecule has 3 rings (SSSR count). The van der Waals surface area contributed by atoms with E-state index in [1.807, 2.05) is 38.1 Å². The Morgan fingerprint density at radius 1 is 0.765 bits per heavy atom. The highest BCUT2D eigenvalue weighted by molar-refractivity contribution is 5.81. The Kier molecular flexibility index (Phi) is 3.05. The quantitative estimate of drug-likeness (QED) is 0.577. The molecular formula is C15H18N2. The van der Waals surface area contributed by atoms with Crippen LogP contribution in [-0.2, 0) is 6.42 Å². The van der Waals surface area contributed by atoms with Crippen LogP contribution in [0, 0.1) is 0 Å². The summed E-state index contributed by atoms with van der Waals surface area (Å²) in [6.45, 7) is 4.00. The molecule has 4 N–H and O–H groups in total. The highest BCUT2D eigenvalue weighted by Crippen LogP contribution is 2.38. The second kappa shape index (κ2) is 4.50. The fourth-order valence-electron chi connectivity index (χ4n) is 2.20. The molecule has 0 fully saturated rings. The number of fused-ring (bicyclic) bond motifs is 3. The average molecular weight is 226 g/mol. The lowest BCUT2D eigenvalue weighted by Crippen LogP contribution is -1.87. The van der Waals surface area contributed by atoms with Crippen LogP contribution in [0.5, 0.6) is 0 Å². The largest absolute Gasteiger partial charge is 0.399 e. The Hall–Kier alpha value is -1.96. The van der Waals surface area contributed by atoms with E-state index in [1.54, 1.807) is 0 Å². The van der Waals surface area contributed by atoms with Crippen LogP contribution < -0.4 is 11.5 Å². The zero-order valence-corrected chi connectivity index (χ0v) is 10.3. The first kappa shape index (κ1) is 11.5. The van der Waals surface area contributed by atoms with Gasteiger partial charge < -0.3 is 11.5 Å². The predicted octanol–water partition coefficient (Wildman–Crippen LogP) is 3.45. The van der Waals surface area contributed by atoms with Crippen LogP contribution in [0.4, 0.5) is 11.4 Å². The molecule has 0 aromatic heterocycles. The van der Waals surface area contributed by atoms with Crippen molar-refractivity contribution in [3.8, 4) is 11.1 Å². The lowest BCUT2D eigenvalue weighted by Gasteiger charge is -2.02. The van der Waals surface area contributed by atoms with Gasteiger partial charge in [0.15, 0.2) is 0 Å². The summed E-state index contributed by atoms with van der Waals surface area (Å²) in [5.74, 6) is 0. The predicted molar refractivity (Wildman–Crippen MR) is 74.9 cm³/mol. The molecule has 2 heteroatoms. The Morgan fingerprint density at radius 3 is 1.59 bits per heavy atom. The molecule has 2 aromatic rings. The maximum Gasteiger partial charge on any atom is 0.0320 e. The molecular weight excluding hydrogens is 208 g/mol. The SMILES string of the molecule is CC.Nc1ccc2c(c1)-c1cc(N)ccc1C2. The van der Waals surface area contributed by atoms with Crippen molar-refractivity contribution in [1.29, 1.82) is 0 Å². The summed E-state index contributed by atoms with van der Waals surface area (Å²) in [7, 11) is 0. The molecule has 17 heavy (non-hydrogen) atoms. The standard InChI is InChI=1S/C13H12N2.C2H6/c14-10-3-1-8-5-9-2-4-11(15)7-13(9)12(8)6-10;1-2/h1-4,6-7H,5,14-15H2;1-2H3. The van der Waals surface area contributed by atoms with Gasteiger partial charge in [0, 0.05) is 11.4 Å². The Balaban J connectivity index is 0.000000514. The highest BCUT2D eigenvalue weighted by Gasteiger charge is 2.18. The van der Waals surface area contributed by atoms with Gasteiger partial charge in [-0.1, -0.05) is 26.0 Å². The monoisotopic (exact) mass is 226 g/mol. The van der Waals surface area contributed by atoms with Crippen LogP contribution in [0.15, 0.2) is 36.4 Å². The van der Waals surface area contributed by atoms with E-state index in [1.165, 1.54) is 22.3 Å². The summed E-state index contributed by atoms with van der Waals surface area (Å²) in [6, 6.07) is 12.2. The van der Waals surface area contributed by atoms with Crippen molar-refractivity contribution in [3.63, 3.8) is 0 Å². The molecule has 0 bridgehead atoms. The van der Waals surface area contributed by atoms with E-state index in [0.717, 1.165) is 17.8 Å². The fraction of sp³-hybridized carbons (Fsp3) is 0.200. The Bertz CT molecular complexity index is 495. The molecule has 0 saturated heterocycles. The van der Waals surface area contributed by atoms with Gasteiger partial charge in [-0.15, -0.1) is 0 Å². The lowest BCUT2D eigenvalue weighted by molar-refractivity contribution is 1.26. The van der Waals surface area contributed by atoms with Gasteiger partial charge in [-0.2, -0.15) is 0 Å². The van der Waals surface area contributed by atoms with Gasteiger partial charge in [0.2, 0.25) is 0 Å². The zero-order chi connectivity index (χ0) is 12.4. The highest BCUT2D eigenvalue weighted by atomic mass is 14.6. The maximum atomic E-state index is 5.79. The topological polar surface area (TPSA) is 52.0 Å².